The molecule has 4 rings (SSSR count). The lowest BCUT2D eigenvalue weighted by Crippen LogP contribution is -2.56. The van der Waals surface area contributed by atoms with Crippen molar-refractivity contribution in [1.29, 1.82) is 0 Å². The Morgan fingerprint density at radius 3 is 2.96 bits per heavy atom. The summed E-state index contributed by atoms with van der Waals surface area (Å²) in [5, 5.41) is 4.27. The average molecular weight is 408 g/mol. The second-order valence-electron chi connectivity index (χ2n) is 6.80. The lowest BCUT2D eigenvalue weighted by atomic mass is 9.61. The molecule has 0 atom stereocenters. The quantitative estimate of drug-likeness (QED) is 0.791. The van der Waals surface area contributed by atoms with Crippen molar-refractivity contribution in [3.05, 3.63) is 34.2 Å². The molecule has 5 nitrogen and oxygen atoms in total. The highest BCUT2D eigenvalue weighted by Crippen LogP contribution is 2.55. The summed E-state index contributed by atoms with van der Waals surface area (Å²) in [6.45, 7) is 1.41. The topological polar surface area (TPSA) is 54.5 Å². The van der Waals surface area contributed by atoms with Crippen molar-refractivity contribution >= 4 is 38.4 Å². The van der Waals surface area contributed by atoms with E-state index in [9.17, 15) is 9.18 Å². The van der Waals surface area contributed by atoms with E-state index in [1.807, 2.05) is 0 Å². The number of carbonyl (C=O) groups excluding carboxylic acids is 1. The predicted octanol–water partition coefficient (Wildman–Crippen LogP) is 2.75. The molecule has 1 aliphatic heterocycles. The molecule has 1 aliphatic carbocycles. The van der Waals surface area contributed by atoms with Crippen molar-refractivity contribution in [1.82, 2.24) is 10.3 Å². The SMILES string of the molecule is COCCN[C@H]1C[C@@]2(C1)C(=O)N(C)c1cnc3cc(F)c(Br)cc3c12. The van der Waals surface area contributed by atoms with Crippen molar-refractivity contribution < 1.29 is 13.9 Å². The van der Waals surface area contributed by atoms with Crippen LogP contribution in [0.1, 0.15) is 18.4 Å². The summed E-state index contributed by atoms with van der Waals surface area (Å²) < 4.78 is 19.3. The van der Waals surface area contributed by atoms with Gasteiger partial charge in [0.2, 0.25) is 5.91 Å². The van der Waals surface area contributed by atoms with Gasteiger partial charge in [0, 0.05) is 43.8 Å². The molecule has 1 N–H and O–H groups in total. The van der Waals surface area contributed by atoms with Gasteiger partial charge in [-0.1, -0.05) is 0 Å². The fraction of sp³-hybridized carbons (Fsp3) is 0.444. The Labute approximate surface area is 153 Å². The normalized spacial score (nSPS) is 24.9. The molecule has 7 heteroatoms. The zero-order valence-corrected chi connectivity index (χ0v) is 15.7. The van der Waals surface area contributed by atoms with Crippen molar-refractivity contribution in [2.24, 2.45) is 0 Å². The van der Waals surface area contributed by atoms with Gasteiger partial charge in [-0.05, 0) is 34.8 Å². The summed E-state index contributed by atoms with van der Waals surface area (Å²) in [6, 6.07) is 3.45. The number of amides is 1. The molecule has 2 aliphatic rings. The number of aromatic nitrogens is 1. The minimum Gasteiger partial charge on any atom is -0.383 e. The number of carbonyl (C=O) groups is 1. The average Bonchev–Trinajstić information content (AvgIpc) is 2.78. The number of rotatable bonds is 4. The van der Waals surface area contributed by atoms with Crippen LogP contribution >= 0.6 is 15.9 Å². The van der Waals surface area contributed by atoms with Crippen LogP contribution in [0.5, 0.6) is 0 Å². The fourth-order valence-corrected chi connectivity index (χ4v) is 4.48. The van der Waals surface area contributed by atoms with E-state index in [2.05, 4.69) is 26.2 Å². The smallest absolute Gasteiger partial charge is 0.237 e. The van der Waals surface area contributed by atoms with E-state index >= 15 is 0 Å². The molecular formula is C18H19BrFN3O2. The van der Waals surface area contributed by atoms with Gasteiger partial charge in [-0.3, -0.25) is 9.78 Å². The Bertz CT molecular complexity index is 867. The van der Waals surface area contributed by atoms with Gasteiger partial charge in [-0.2, -0.15) is 0 Å². The minimum absolute atomic E-state index is 0.0991. The second-order valence-corrected chi connectivity index (χ2v) is 7.65. The zero-order chi connectivity index (χ0) is 17.8. The number of benzene rings is 1. The van der Waals surface area contributed by atoms with E-state index in [4.69, 9.17) is 4.74 Å². The van der Waals surface area contributed by atoms with E-state index < -0.39 is 5.41 Å². The van der Waals surface area contributed by atoms with Crippen LogP contribution in [0.3, 0.4) is 0 Å². The molecule has 1 spiro atoms. The Hall–Kier alpha value is -1.57. The molecule has 0 unspecified atom stereocenters. The third-order valence-electron chi connectivity index (χ3n) is 5.37. The summed E-state index contributed by atoms with van der Waals surface area (Å²) in [5.41, 5.74) is 1.85. The summed E-state index contributed by atoms with van der Waals surface area (Å²) >= 11 is 3.26. The van der Waals surface area contributed by atoms with Gasteiger partial charge >= 0.3 is 0 Å². The number of pyridine rings is 1. The number of likely N-dealkylation sites (N-methyl/N-ethyl adjacent to an activating group) is 1. The van der Waals surface area contributed by atoms with Gasteiger partial charge in [0.05, 0.1) is 33.9 Å². The second kappa shape index (κ2) is 6.00. The summed E-state index contributed by atoms with van der Waals surface area (Å²) in [6.07, 6.45) is 3.16. The Morgan fingerprint density at radius 1 is 1.48 bits per heavy atom. The first-order valence-electron chi connectivity index (χ1n) is 8.26. The zero-order valence-electron chi connectivity index (χ0n) is 14.1. The number of ether oxygens (including phenoxy) is 1. The van der Waals surface area contributed by atoms with Crippen LogP contribution in [0.25, 0.3) is 10.9 Å². The molecular weight excluding hydrogens is 389 g/mol. The maximum absolute atomic E-state index is 13.9. The van der Waals surface area contributed by atoms with Gasteiger partial charge in [0.15, 0.2) is 0 Å². The third-order valence-corrected chi connectivity index (χ3v) is 5.98. The molecule has 1 amide bonds. The molecule has 1 fully saturated rings. The highest BCUT2D eigenvalue weighted by molar-refractivity contribution is 9.10. The number of nitrogens with zero attached hydrogens (tertiary/aromatic N) is 2. The molecule has 132 valence electrons. The lowest BCUT2D eigenvalue weighted by Gasteiger charge is -2.44. The van der Waals surface area contributed by atoms with E-state index in [1.54, 1.807) is 31.3 Å². The first-order valence-corrected chi connectivity index (χ1v) is 9.06. The monoisotopic (exact) mass is 407 g/mol. The Morgan fingerprint density at radius 2 is 2.24 bits per heavy atom. The molecule has 0 radical (unpaired) electrons. The van der Waals surface area contributed by atoms with Crippen LogP contribution in [0.2, 0.25) is 0 Å². The van der Waals surface area contributed by atoms with Gasteiger partial charge < -0.3 is 15.0 Å². The maximum atomic E-state index is 13.9. The molecule has 0 saturated heterocycles. The van der Waals surface area contributed by atoms with Crippen LogP contribution in [0.15, 0.2) is 22.8 Å². The van der Waals surface area contributed by atoms with Crippen LogP contribution in [-0.4, -0.2) is 44.2 Å². The van der Waals surface area contributed by atoms with Crippen LogP contribution in [0, 0.1) is 5.82 Å². The van der Waals surface area contributed by atoms with E-state index in [1.165, 1.54) is 6.07 Å². The number of hydrogen-bond acceptors (Lipinski definition) is 4. The van der Waals surface area contributed by atoms with Crippen LogP contribution in [0.4, 0.5) is 10.1 Å². The third kappa shape index (κ3) is 2.40. The van der Waals surface area contributed by atoms with Crippen molar-refractivity contribution in [2.45, 2.75) is 24.3 Å². The van der Waals surface area contributed by atoms with Gasteiger partial charge in [0.1, 0.15) is 5.82 Å². The number of hydrogen-bond donors (Lipinski definition) is 1. The number of methoxy groups -OCH3 is 1. The van der Waals surface area contributed by atoms with E-state index in [0.29, 0.717) is 16.6 Å². The van der Waals surface area contributed by atoms with Crippen molar-refractivity contribution in [2.75, 3.05) is 32.2 Å². The van der Waals surface area contributed by atoms with E-state index in [0.717, 1.165) is 36.0 Å². The fourth-order valence-electron chi connectivity index (χ4n) is 4.14. The Kier molecular flexibility index (Phi) is 4.05. The van der Waals surface area contributed by atoms with Crippen molar-refractivity contribution in [3.63, 3.8) is 0 Å². The van der Waals surface area contributed by atoms with Crippen molar-refractivity contribution in [3.8, 4) is 0 Å². The molecule has 2 aromatic rings. The maximum Gasteiger partial charge on any atom is 0.237 e. The standard InChI is InChI=1S/C18H19BrFN3O2/c1-23-15-9-22-14-6-13(20)12(19)5-11(14)16(15)18(17(23)24)7-10(8-18)21-3-4-25-2/h5-6,9-10,21H,3-4,7-8H2,1-2H3/t10-,18-. The molecule has 1 aromatic heterocycles. The lowest BCUT2D eigenvalue weighted by molar-refractivity contribution is -0.126. The predicted molar refractivity (Wildman–Crippen MR) is 97.4 cm³/mol. The first kappa shape index (κ1) is 16.9. The molecule has 0 bridgehead atoms. The summed E-state index contributed by atoms with van der Waals surface area (Å²) in [4.78, 5) is 19.0. The number of halogens is 2. The molecule has 1 saturated carbocycles. The van der Waals surface area contributed by atoms with E-state index in [-0.39, 0.29) is 17.8 Å². The van der Waals surface area contributed by atoms with Crippen LogP contribution in [-0.2, 0) is 14.9 Å². The molecule has 1 aromatic carbocycles. The molecule has 25 heavy (non-hydrogen) atoms. The Balaban J connectivity index is 1.76. The highest BCUT2D eigenvalue weighted by atomic mass is 79.9. The number of anilines is 1. The largest absolute Gasteiger partial charge is 0.383 e. The highest BCUT2D eigenvalue weighted by Gasteiger charge is 2.58. The van der Waals surface area contributed by atoms with Gasteiger partial charge in [-0.25, -0.2) is 4.39 Å². The van der Waals surface area contributed by atoms with Gasteiger partial charge in [0.25, 0.3) is 0 Å². The molecule has 2 heterocycles. The minimum atomic E-state index is -0.534. The number of fused-ring (bicyclic) bond motifs is 4. The first-order chi connectivity index (χ1) is 12.0. The van der Waals surface area contributed by atoms with Gasteiger partial charge in [-0.15, -0.1) is 0 Å². The number of nitrogens with one attached hydrogen (secondary N) is 1. The summed E-state index contributed by atoms with van der Waals surface area (Å²) in [5.74, 6) is -0.249. The summed E-state index contributed by atoms with van der Waals surface area (Å²) in [7, 11) is 3.46. The van der Waals surface area contributed by atoms with Crippen LogP contribution < -0.4 is 10.2 Å².